The third-order valence-corrected chi connectivity index (χ3v) is 3.95. The standard InChI is InChI=1S/C19H25N3O3/c1-13(2)17(22-16-7-5-4-6-8-16)11-20-18(23)14(3)21-19(24)15-9-10-25-12-15/h4-10,12-14,17,22H,11H2,1-3H3,(H,20,23)(H,21,24)/t14-,17+/m0/s1. The van der Waals surface area contributed by atoms with Gasteiger partial charge in [0.2, 0.25) is 5.91 Å². The van der Waals surface area contributed by atoms with E-state index in [9.17, 15) is 9.59 Å². The molecule has 0 radical (unpaired) electrons. The van der Waals surface area contributed by atoms with Crippen molar-refractivity contribution in [3.63, 3.8) is 0 Å². The Hall–Kier alpha value is -2.76. The van der Waals surface area contributed by atoms with E-state index in [4.69, 9.17) is 4.42 Å². The van der Waals surface area contributed by atoms with Crippen molar-refractivity contribution < 1.29 is 14.0 Å². The monoisotopic (exact) mass is 343 g/mol. The number of para-hydroxylation sites is 1. The van der Waals surface area contributed by atoms with Gasteiger partial charge in [-0.3, -0.25) is 9.59 Å². The molecule has 6 heteroatoms. The predicted molar refractivity (Wildman–Crippen MR) is 97.3 cm³/mol. The van der Waals surface area contributed by atoms with Crippen LogP contribution in [0.25, 0.3) is 0 Å². The lowest BCUT2D eigenvalue weighted by Gasteiger charge is -2.25. The van der Waals surface area contributed by atoms with E-state index in [2.05, 4.69) is 29.8 Å². The second kappa shape index (κ2) is 8.92. The molecule has 0 fully saturated rings. The van der Waals surface area contributed by atoms with Crippen LogP contribution in [0.4, 0.5) is 5.69 Å². The number of benzene rings is 1. The molecule has 0 saturated heterocycles. The fourth-order valence-corrected chi connectivity index (χ4v) is 2.30. The number of rotatable bonds is 8. The van der Waals surface area contributed by atoms with Gasteiger partial charge in [0.15, 0.2) is 0 Å². The zero-order chi connectivity index (χ0) is 18.2. The Kier molecular flexibility index (Phi) is 6.62. The van der Waals surface area contributed by atoms with Crippen molar-refractivity contribution >= 4 is 17.5 Å². The maximum atomic E-state index is 12.3. The lowest BCUT2D eigenvalue weighted by Crippen LogP contribution is -2.48. The number of carbonyl (C=O) groups excluding carboxylic acids is 2. The van der Waals surface area contributed by atoms with E-state index in [0.717, 1.165) is 5.69 Å². The predicted octanol–water partition coefficient (Wildman–Crippen LogP) is 2.65. The van der Waals surface area contributed by atoms with Crippen molar-refractivity contribution in [2.75, 3.05) is 11.9 Å². The number of amides is 2. The van der Waals surface area contributed by atoms with Crippen molar-refractivity contribution in [2.24, 2.45) is 5.92 Å². The highest BCUT2D eigenvalue weighted by molar-refractivity contribution is 5.97. The Bertz CT molecular complexity index is 668. The summed E-state index contributed by atoms with van der Waals surface area (Å²) in [6, 6.07) is 10.9. The average Bonchev–Trinajstić information content (AvgIpc) is 3.13. The topological polar surface area (TPSA) is 83.4 Å². The van der Waals surface area contributed by atoms with Crippen LogP contribution in [0.5, 0.6) is 0 Å². The number of hydrogen-bond donors (Lipinski definition) is 3. The molecular formula is C19H25N3O3. The zero-order valence-electron chi connectivity index (χ0n) is 14.8. The Morgan fingerprint density at radius 3 is 2.40 bits per heavy atom. The van der Waals surface area contributed by atoms with E-state index in [1.165, 1.54) is 12.5 Å². The van der Waals surface area contributed by atoms with Gasteiger partial charge in [-0.25, -0.2) is 0 Å². The third kappa shape index (κ3) is 5.67. The zero-order valence-corrected chi connectivity index (χ0v) is 14.8. The minimum Gasteiger partial charge on any atom is -0.472 e. The highest BCUT2D eigenvalue weighted by atomic mass is 16.3. The molecule has 0 aliphatic rings. The summed E-state index contributed by atoms with van der Waals surface area (Å²) in [5.74, 6) is -0.229. The summed E-state index contributed by atoms with van der Waals surface area (Å²) >= 11 is 0. The largest absolute Gasteiger partial charge is 0.472 e. The van der Waals surface area contributed by atoms with Crippen LogP contribution >= 0.6 is 0 Å². The van der Waals surface area contributed by atoms with Gasteiger partial charge < -0.3 is 20.4 Å². The van der Waals surface area contributed by atoms with Crippen molar-refractivity contribution in [3.05, 3.63) is 54.5 Å². The van der Waals surface area contributed by atoms with Gasteiger partial charge in [-0.05, 0) is 31.0 Å². The fraction of sp³-hybridized carbons (Fsp3) is 0.368. The van der Waals surface area contributed by atoms with Crippen molar-refractivity contribution in [1.82, 2.24) is 10.6 Å². The molecule has 0 unspecified atom stereocenters. The van der Waals surface area contributed by atoms with E-state index in [1.807, 2.05) is 30.3 Å². The van der Waals surface area contributed by atoms with Gasteiger partial charge in [0, 0.05) is 18.3 Å². The summed E-state index contributed by atoms with van der Waals surface area (Å²) < 4.78 is 4.87. The molecule has 2 aromatic rings. The second-order valence-electron chi connectivity index (χ2n) is 6.31. The summed E-state index contributed by atoms with van der Waals surface area (Å²) in [6.45, 7) is 6.31. The van der Waals surface area contributed by atoms with Crippen molar-refractivity contribution in [3.8, 4) is 0 Å². The van der Waals surface area contributed by atoms with Gasteiger partial charge in [-0.15, -0.1) is 0 Å². The van der Waals surface area contributed by atoms with Crippen LogP contribution in [0.1, 0.15) is 31.1 Å². The van der Waals surface area contributed by atoms with Gasteiger partial charge in [0.25, 0.3) is 5.91 Å². The van der Waals surface area contributed by atoms with Crippen LogP contribution in [0.2, 0.25) is 0 Å². The molecule has 2 rings (SSSR count). The normalized spacial score (nSPS) is 13.1. The van der Waals surface area contributed by atoms with Gasteiger partial charge >= 0.3 is 0 Å². The van der Waals surface area contributed by atoms with Gasteiger partial charge in [0.05, 0.1) is 11.8 Å². The quantitative estimate of drug-likeness (QED) is 0.688. The van der Waals surface area contributed by atoms with E-state index in [1.54, 1.807) is 13.0 Å². The number of anilines is 1. The van der Waals surface area contributed by atoms with Gasteiger partial charge in [0.1, 0.15) is 12.3 Å². The molecule has 0 spiro atoms. The molecule has 6 nitrogen and oxygen atoms in total. The summed E-state index contributed by atoms with van der Waals surface area (Å²) in [5, 5.41) is 8.97. The first-order valence-electron chi connectivity index (χ1n) is 8.39. The maximum absolute atomic E-state index is 12.3. The molecule has 1 heterocycles. The summed E-state index contributed by atoms with van der Waals surface area (Å²) in [5.41, 5.74) is 1.40. The van der Waals surface area contributed by atoms with E-state index < -0.39 is 6.04 Å². The van der Waals surface area contributed by atoms with Crippen LogP contribution in [-0.2, 0) is 4.79 Å². The molecule has 2 atom stereocenters. The maximum Gasteiger partial charge on any atom is 0.255 e. The van der Waals surface area contributed by atoms with Crippen LogP contribution in [0.15, 0.2) is 53.3 Å². The fourth-order valence-electron chi connectivity index (χ4n) is 2.30. The average molecular weight is 343 g/mol. The number of furan rings is 1. The molecule has 25 heavy (non-hydrogen) atoms. The van der Waals surface area contributed by atoms with Gasteiger partial charge in [-0.2, -0.15) is 0 Å². The number of carbonyl (C=O) groups is 2. The number of hydrogen-bond acceptors (Lipinski definition) is 4. The van der Waals surface area contributed by atoms with Crippen molar-refractivity contribution in [1.29, 1.82) is 0 Å². The molecule has 2 amide bonds. The lowest BCUT2D eigenvalue weighted by atomic mass is 10.0. The summed E-state index contributed by atoms with van der Waals surface area (Å²) in [4.78, 5) is 24.2. The number of nitrogens with one attached hydrogen (secondary N) is 3. The smallest absolute Gasteiger partial charge is 0.255 e. The molecule has 1 aromatic carbocycles. The van der Waals surface area contributed by atoms with Crippen molar-refractivity contribution in [2.45, 2.75) is 32.9 Å². The Morgan fingerprint density at radius 1 is 1.08 bits per heavy atom. The lowest BCUT2D eigenvalue weighted by molar-refractivity contribution is -0.122. The van der Waals surface area contributed by atoms with Crippen LogP contribution in [0, 0.1) is 5.92 Å². The van der Waals surface area contributed by atoms with E-state index >= 15 is 0 Å². The molecule has 3 N–H and O–H groups in total. The van der Waals surface area contributed by atoms with E-state index in [-0.39, 0.29) is 17.9 Å². The third-order valence-electron chi connectivity index (χ3n) is 3.95. The molecule has 0 bridgehead atoms. The molecular weight excluding hydrogens is 318 g/mol. The first-order chi connectivity index (χ1) is 12.0. The Morgan fingerprint density at radius 2 is 1.80 bits per heavy atom. The highest BCUT2D eigenvalue weighted by Gasteiger charge is 2.19. The molecule has 0 saturated carbocycles. The first-order valence-corrected chi connectivity index (χ1v) is 8.39. The Balaban J connectivity index is 1.84. The molecule has 0 aliphatic heterocycles. The second-order valence-corrected chi connectivity index (χ2v) is 6.31. The minimum absolute atomic E-state index is 0.0862. The summed E-state index contributed by atoms with van der Waals surface area (Å²) in [6.07, 6.45) is 2.76. The van der Waals surface area contributed by atoms with E-state index in [0.29, 0.717) is 18.0 Å². The molecule has 134 valence electrons. The van der Waals surface area contributed by atoms with Crippen LogP contribution < -0.4 is 16.0 Å². The minimum atomic E-state index is -0.632. The SMILES string of the molecule is CC(C)[C@@H](CNC(=O)[C@H](C)NC(=O)c1ccoc1)Nc1ccccc1. The molecule has 0 aliphatic carbocycles. The Labute approximate surface area is 148 Å². The van der Waals surface area contributed by atoms with Crippen LogP contribution in [-0.4, -0.2) is 30.4 Å². The van der Waals surface area contributed by atoms with Crippen LogP contribution in [0.3, 0.4) is 0 Å². The highest BCUT2D eigenvalue weighted by Crippen LogP contribution is 2.11. The summed E-state index contributed by atoms with van der Waals surface area (Å²) in [7, 11) is 0. The van der Waals surface area contributed by atoms with Gasteiger partial charge in [-0.1, -0.05) is 32.0 Å². The first kappa shape index (κ1) is 18.6. The molecule has 1 aromatic heterocycles.